The van der Waals surface area contributed by atoms with Crippen LogP contribution in [0.3, 0.4) is 0 Å². The Bertz CT molecular complexity index is 365. The van der Waals surface area contributed by atoms with Gasteiger partial charge in [0.05, 0.1) is 0 Å². The third-order valence-electron chi connectivity index (χ3n) is 3.43. The minimum absolute atomic E-state index is 0.190. The highest BCUT2D eigenvalue weighted by molar-refractivity contribution is 5.25. The van der Waals surface area contributed by atoms with Gasteiger partial charge in [-0.05, 0) is 61.5 Å². The predicted molar refractivity (Wildman–Crippen MR) is 60.4 cm³/mol. The summed E-state index contributed by atoms with van der Waals surface area (Å²) in [6, 6.07) is 3.75. The number of rotatable bonds is 4. The molecule has 0 aliphatic heterocycles. The summed E-state index contributed by atoms with van der Waals surface area (Å²) in [6.07, 6.45) is 2.07. The lowest BCUT2D eigenvalue weighted by atomic mass is 9.70. The van der Waals surface area contributed by atoms with Crippen molar-refractivity contribution >= 4 is 0 Å². The Hall–Kier alpha value is -0.960. The van der Waals surface area contributed by atoms with E-state index >= 15 is 0 Å². The van der Waals surface area contributed by atoms with Crippen LogP contribution < -0.4 is 5.32 Å². The summed E-state index contributed by atoms with van der Waals surface area (Å²) in [4.78, 5) is 0. The first-order chi connectivity index (χ1) is 7.72. The van der Waals surface area contributed by atoms with Gasteiger partial charge in [-0.15, -0.1) is 0 Å². The molecular weight excluding hydrogens is 208 g/mol. The van der Waals surface area contributed by atoms with E-state index in [1.807, 2.05) is 0 Å². The molecule has 2 unspecified atom stereocenters. The van der Waals surface area contributed by atoms with Crippen LogP contribution in [0.25, 0.3) is 0 Å². The van der Waals surface area contributed by atoms with Gasteiger partial charge < -0.3 is 5.32 Å². The molecule has 1 aliphatic rings. The zero-order valence-corrected chi connectivity index (χ0v) is 9.47. The molecule has 0 amide bonds. The molecule has 88 valence electrons. The molecule has 2 rings (SSSR count). The Balaban J connectivity index is 2.09. The lowest BCUT2D eigenvalue weighted by Gasteiger charge is -2.37. The van der Waals surface area contributed by atoms with Crippen molar-refractivity contribution in [3.8, 4) is 0 Å². The SMILES string of the molecule is CCNCC1CCC1c1cc(F)ccc1F. The Morgan fingerprint density at radius 1 is 1.31 bits per heavy atom. The fourth-order valence-electron chi connectivity index (χ4n) is 2.35. The number of hydrogen-bond acceptors (Lipinski definition) is 1. The first-order valence-corrected chi connectivity index (χ1v) is 5.88. The van der Waals surface area contributed by atoms with Gasteiger partial charge >= 0.3 is 0 Å². The fourth-order valence-corrected chi connectivity index (χ4v) is 2.35. The summed E-state index contributed by atoms with van der Waals surface area (Å²) in [5.41, 5.74) is 0.550. The molecule has 2 atom stereocenters. The lowest BCUT2D eigenvalue weighted by Crippen LogP contribution is -2.34. The molecule has 0 spiro atoms. The largest absolute Gasteiger partial charge is 0.317 e. The highest BCUT2D eigenvalue weighted by Gasteiger charge is 2.33. The summed E-state index contributed by atoms with van der Waals surface area (Å²) in [7, 11) is 0. The van der Waals surface area contributed by atoms with Gasteiger partial charge in [-0.2, -0.15) is 0 Å². The third kappa shape index (κ3) is 2.24. The quantitative estimate of drug-likeness (QED) is 0.830. The van der Waals surface area contributed by atoms with Crippen molar-refractivity contribution in [2.75, 3.05) is 13.1 Å². The van der Waals surface area contributed by atoms with Gasteiger partial charge in [-0.25, -0.2) is 8.78 Å². The van der Waals surface area contributed by atoms with E-state index in [0.29, 0.717) is 11.5 Å². The molecule has 1 nitrogen and oxygen atoms in total. The maximum atomic E-state index is 13.5. The Morgan fingerprint density at radius 3 is 2.75 bits per heavy atom. The second kappa shape index (κ2) is 4.91. The third-order valence-corrected chi connectivity index (χ3v) is 3.43. The predicted octanol–water partition coefficient (Wildman–Crippen LogP) is 3.07. The molecule has 1 aromatic rings. The van der Waals surface area contributed by atoms with E-state index in [1.165, 1.54) is 18.2 Å². The molecule has 1 saturated carbocycles. The highest BCUT2D eigenvalue weighted by atomic mass is 19.1. The lowest BCUT2D eigenvalue weighted by molar-refractivity contribution is 0.241. The molecule has 0 aromatic heterocycles. The van der Waals surface area contributed by atoms with Crippen LogP contribution in [0.2, 0.25) is 0 Å². The maximum absolute atomic E-state index is 13.5. The van der Waals surface area contributed by atoms with Crippen molar-refractivity contribution in [3.05, 3.63) is 35.4 Å². The van der Waals surface area contributed by atoms with Crippen LogP contribution in [0.5, 0.6) is 0 Å². The van der Waals surface area contributed by atoms with E-state index in [0.717, 1.165) is 25.9 Å². The van der Waals surface area contributed by atoms with Crippen LogP contribution in [-0.4, -0.2) is 13.1 Å². The number of benzene rings is 1. The first-order valence-electron chi connectivity index (χ1n) is 5.88. The van der Waals surface area contributed by atoms with Crippen molar-refractivity contribution in [2.45, 2.75) is 25.7 Å². The molecule has 1 fully saturated rings. The van der Waals surface area contributed by atoms with Crippen molar-refractivity contribution in [3.63, 3.8) is 0 Å². The van der Waals surface area contributed by atoms with Crippen molar-refractivity contribution in [1.29, 1.82) is 0 Å². The Labute approximate surface area is 94.9 Å². The van der Waals surface area contributed by atoms with Crippen LogP contribution in [0.15, 0.2) is 18.2 Å². The molecule has 3 heteroatoms. The summed E-state index contributed by atoms with van der Waals surface area (Å²) < 4.78 is 26.6. The summed E-state index contributed by atoms with van der Waals surface area (Å²) in [6.45, 7) is 3.88. The van der Waals surface area contributed by atoms with Crippen LogP contribution in [0.1, 0.15) is 31.2 Å². The standard InChI is InChI=1S/C13H17F2N/c1-2-16-8-9-3-5-11(9)12-7-10(14)4-6-13(12)15/h4,6-7,9,11,16H,2-3,5,8H2,1H3. The van der Waals surface area contributed by atoms with Gasteiger partial charge in [0.2, 0.25) is 0 Å². The van der Waals surface area contributed by atoms with E-state index in [2.05, 4.69) is 12.2 Å². The molecule has 0 bridgehead atoms. The van der Waals surface area contributed by atoms with Gasteiger partial charge in [0.1, 0.15) is 11.6 Å². The Morgan fingerprint density at radius 2 is 2.12 bits per heavy atom. The van der Waals surface area contributed by atoms with Gasteiger partial charge in [0, 0.05) is 0 Å². The van der Waals surface area contributed by atoms with E-state index in [9.17, 15) is 8.78 Å². The molecule has 0 radical (unpaired) electrons. The Kier molecular flexibility index (Phi) is 3.54. The fraction of sp³-hybridized carbons (Fsp3) is 0.538. The first kappa shape index (κ1) is 11.5. The van der Waals surface area contributed by atoms with Gasteiger partial charge in [0.15, 0.2) is 0 Å². The maximum Gasteiger partial charge on any atom is 0.126 e. The number of nitrogens with one attached hydrogen (secondary N) is 1. The van der Waals surface area contributed by atoms with Gasteiger partial charge in [-0.3, -0.25) is 0 Å². The zero-order valence-electron chi connectivity index (χ0n) is 9.47. The average Bonchev–Trinajstić information content (AvgIpc) is 2.22. The second-order valence-electron chi connectivity index (χ2n) is 4.42. The average molecular weight is 225 g/mol. The van der Waals surface area contributed by atoms with Gasteiger partial charge in [0.25, 0.3) is 0 Å². The number of halogens is 2. The molecular formula is C13H17F2N. The topological polar surface area (TPSA) is 12.0 Å². The van der Waals surface area contributed by atoms with Crippen LogP contribution in [0, 0.1) is 17.6 Å². The van der Waals surface area contributed by atoms with Crippen LogP contribution >= 0.6 is 0 Å². The van der Waals surface area contributed by atoms with Gasteiger partial charge in [-0.1, -0.05) is 6.92 Å². The highest BCUT2D eigenvalue weighted by Crippen LogP contribution is 2.43. The molecule has 1 aliphatic carbocycles. The zero-order chi connectivity index (χ0) is 11.5. The van der Waals surface area contributed by atoms with Crippen molar-refractivity contribution < 1.29 is 8.78 Å². The van der Waals surface area contributed by atoms with E-state index < -0.39 is 0 Å². The minimum atomic E-state index is -0.342. The van der Waals surface area contributed by atoms with Crippen LogP contribution in [-0.2, 0) is 0 Å². The van der Waals surface area contributed by atoms with E-state index in [-0.39, 0.29) is 17.6 Å². The monoisotopic (exact) mass is 225 g/mol. The smallest absolute Gasteiger partial charge is 0.126 e. The van der Waals surface area contributed by atoms with Crippen LogP contribution in [0.4, 0.5) is 8.78 Å². The molecule has 0 heterocycles. The van der Waals surface area contributed by atoms with E-state index in [1.54, 1.807) is 0 Å². The molecule has 1 N–H and O–H groups in total. The summed E-state index contributed by atoms with van der Waals surface area (Å²) >= 11 is 0. The minimum Gasteiger partial charge on any atom is -0.317 e. The molecule has 16 heavy (non-hydrogen) atoms. The summed E-state index contributed by atoms with van der Waals surface area (Å²) in [5, 5.41) is 3.27. The normalized spacial score (nSPS) is 24.2. The van der Waals surface area contributed by atoms with Crippen molar-refractivity contribution in [1.82, 2.24) is 5.32 Å². The second-order valence-corrected chi connectivity index (χ2v) is 4.42. The number of hydrogen-bond donors (Lipinski definition) is 1. The van der Waals surface area contributed by atoms with Crippen molar-refractivity contribution in [2.24, 2.45) is 5.92 Å². The van der Waals surface area contributed by atoms with E-state index in [4.69, 9.17) is 0 Å². The summed E-state index contributed by atoms with van der Waals surface area (Å²) in [5.74, 6) is 0.0316. The molecule has 0 saturated heterocycles. The molecule has 1 aromatic carbocycles.